The lowest BCUT2D eigenvalue weighted by Crippen LogP contribution is -2.25. The van der Waals surface area contributed by atoms with Crippen LogP contribution in [0.3, 0.4) is 0 Å². The molecule has 4 rings (SSSR count). The molecule has 9 nitrogen and oxygen atoms in total. The molecule has 0 bridgehead atoms. The van der Waals surface area contributed by atoms with E-state index in [1.807, 2.05) is 20.8 Å². The van der Waals surface area contributed by atoms with Crippen LogP contribution in [0.25, 0.3) is 16.5 Å². The highest BCUT2D eigenvalue weighted by atomic mass is 32.1. The summed E-state index contributed by atoms with van der Waals surface area (Å²) in [5.41, 5.74) is 0.330. The number of fused-ring (bicyclic) bond motifs is 1. The molecule has 0 saturated heterocycles. The van der Waals surface area contributed by atoms with E-state index in [1.165, 1.54) is 0 Å². The summed E-state index contributed by atoms with van der Waals surface area (Å²) in [6.45, 7) is 8.05. The highest BCUT2D eigenvalue weighted by Gasteiger charge is 2.23. The number of ether oxygens (including phenoxy) is 3. The Balaban J connectivity index is 1.76. The van der Waals surface area contributed by atoms with Crippen molar-refractivity contribution in [2.24, 2.45) is 0 Å². The summed E-state index contributed by atoms with van der Waals surface area (Å²) >= 11 is 1.14. The summed E-state index contributed by atoms with van der Waals surface area (Å²) in [5, 5.41) is 9.54. The van der Waals surface area contributed by atoms with Crippen molar-refractivity contribution in [2.45, 2.75) is 33.8 Å². The molecule has 0 aliphatic rings. The first kappa shape index (κ1) is 25.9. The zero-order chi connectivity index (χ0) is 26.5. The van der Waals surface area contributed by atoms with E-state index in [2.05, 4.69) is 10.4 Å². The number of hydrogen-bond donors (Lipinski definition) is 1. The van der Waals surface area contributed by atoms with E-state index < -0.39 is 17.4 Å². The third kappa shape index (κ3) is 5.64. The van der Waals surface area contributed by atoms with Gasteiger partial charge in [0.05, 0.1) is 30.4 Å². The number of carbonyl (C=O) groups is 2. The Morgan fingerprint density at radius 2 is 1.68 bits per heavy atom. The van der Waals surface area contributed by atoms with Crippen molar-refractivity contribution < 1.29 is 23.8 Å². The lowest BCUT2D eigenvalue weighted by Gasteiger charge is -2.11. The smallest absolute Gasteiger partial charge is 0.359 e. The minimum atomic E-state index is -0.663. The zero-order valence-corrected chi connectivity index (χ0v) is 21.8. The van der Waals surface area contributed by atoms with Gasteiger partial charge in [-0.05, 0) is 76.2 Å². The average molecular weight is 522 g/mol. The van der Waals surface area contributed by atoms with Crippen molar-refractivity contribution in [2.75, 3.05) is 18.5 Å². The largest absolute Gasteiger partial charge is 0.494 e. The number of amides is 1. The summed E-state index contributed by atoms with van der Waals surface area (Å²) in [4.78, 5) is 39.3. The summed E-state index contributed by atoms with van der Waals surface area (Å²) in [6.07, 6.45) is 0.0110. The van der Waals surface area contributed by atoms with Crippen LogP contribution in [-0.4, -0.2) is 41.0 Å². The fraction of sp³-hybridized carbons (Fsp3) is 0.259. The number of hydrogen-bond acceptors (Lipinski definition) is 8. The number of nitrogens with one attached hydrogen (secondary N) is 1. The van der Waals surface area contributed by atoms with Crippen LogP contribution in [0.1, 0.15) is 48.5 Å². The van der Waals surface area contributed by atoms with E-state index in [1.54, 1.807) is 60.8 Å². The molecule has 2 aromatic carbocycles. The number of esters is 1. The van der Waals surface area contributed by atoms with Crippen LogP contribution in [0.2, 0.25) is 0 Å². The van der Waals surface area contributed by atoms with Gasteiger partial charge >= 0.3 is 5.97 Å². The summed E-state index contributed by atoms with van der Waals surface area (Å²) in [6, 6.07) is 13.5. The molecule has 10 heteroatoms. The number of aromatic nitrogens is 2. The van der Waals surface area contributed by atoms with Gasteiger partial charge in [0.25, 0.3) is 11.5 Å². The van der Waals surface area contributed by atoms with E-state index >= 15 is 0 Å². The van der Waals surface area contributed by atoms with Gasteiger partial charge in [0.15, 0.2) is 5.69 Å². The van der Waals surface area contributed by atoms with E-state index in [4.69, 9.17) is 14.2 Å². The average Bonchev–Trinajstić information content (AvgIpc) is 3.29. The zero-order valence-electron chi connectivity index (χ0n) is 20.9. The molecule has 0 fully saturated rings. The minimum absolute atomic E-state index is 0.0110. The molecule has 0 unspecified atom stereocenters. The van der Waals surface area contributed by atoms with Gasteiger partial charge in [-0.15, -0.1) is 11.3 Å². The summed E-state index contributed by atoms with van der Waals surface area (Å²) in [7, 11) is 0. The minimum Gasteiger partial charge on any atom is -0.494 e. The molecule has 2 heterocycles. The molecule has 1 amide bonds. The molecule has 0 atom stereocenters. The number of anilines is 1. The normalized spacial score (nSPS) is 10.9. The lowest BCUT2D eigenvalue weighted by atomic mass is 10.2. The lowest BCUT2D eigenvalue weighted by molar-refractivity contribution is 0.0519. The second-order valence-corrected chi connectivity index (χ2v) is 9.09. The van der Waals surface area contributed by atoms with Gasteiger partial charge in [0, 0.05) is 16.3 Å². The third-order valence-corrected chi connectivity index (χ3v) is 6.12. The maximum absolute atomic E-state index is 13.6. The first-order valence-corrected chi connectivity index (χ1v) is 12.7. The summed E-state index contributed by atoms with van der Waals surface area (Å²) in [5.74, 6) is 0.223. The highest BCUT2D eigenvalue weighted by Crippen LogP contribution is 2.31. The van der Waals surface area contributed by atoms with Gasteiger partial charge in [0.2, 0.25) is 0 Å². The van der Waals surface area contributed by atoms with E-state index in [0.29, 0.717) is 39.7 Å². The van der Waals surface area contributed by atoms with E-state index in [9.17, 15) is 14.4 Å². The number of carbonyl (C=O) groups excluding carboxylic acids is 2. The Hall–Kier alpha value is -4.18. The van der Waals surface area contributed by atoms with Crippen LogP contribution in [0.5, 0.6) is 11.5 Å². The molecular formula is C27H27N3O6S. The maximum atomic E-state index is 13.6. The molecule has 0 radical (unpaired) electrons. The van der Waals surface area contributed by atoms with Gasteiger partial charge in [0.1, 0.15) is 16.5 Å². The monoisotopic (exact) mass is 521 g/mol. The van der Waals surface area contributed by atoms with Gasteiger partial charge in [-0.25, -0.2) is 4.79 Å². The first-order chi connectivity index (χ1) is 17.8. The Labute approximate surface area is 217 Å². The van der Waals surface area contributed by atoms with E-state index in [-0.39, 0.29) is 23.8 Å². The van der Waals surface area contributed by atoms with Crippen LogP contribution in [-0.2, 0) is 4.74 Å². The van der Waals surface area contributed by atoms with Crippen molar-refractivity contribution >= 4 is 39.0 Å². The third-order valence-electron chi connectivity index (χ3n) is 5.23. The second-order valence-electron chi connectivity index (χ2n) is 8.21. The molecule has 2 aromatic heterocycles. The van der Waals surface area contributed by atoms with Crippen LogP contribution in [0.4, 0.5) is 5.00 Å². The Bertz CT molecular complexity index is 1470. The Morgan fingerprint density at radius 1 is 1.00 bits per heavy atom. The fourth-order valence-electron chi connectivity index (χ4n) is 3.65. The number of nitrogens with zero attached hydrogens (tertiary/aromatic N) is 2. The molecule has 1 N–H and O–H groups in total. The van der Waals surface area contributed by atoms with Crippen LogP contribution < -0.4 is 20.3 Å². The fourth-order valence-corrected chi connectivity index (χ4v) is 4.58. The van der Waals surface area contributed by atoms with Crippen molar-refractivity contribution in [3.8, 4) is 17.2 Å². The Kier molecular flexibility index (Phi) is 7.88. The van der Waals surface area contributed by atoms with Gasteiger partial charge in [-0.3, -0.25) is 9.59 Å². The molecule has 0 aliphatic heterocycles. The molecule has 37 heavy (non-hydrogen) atoms. The van der Waals surface area contributed by atoms with Crippen molar-refractivity contribution in [3.05, 3.63) is 75.5 Å². The second kappa shape index (κ2) is 11.3. The maximum Gasteiger partial charge on any atom is 0.359 e. The predicted molar refractivity (Wildman–Crippen MR) is 143 cm³/mol. The van der Waals surface area contributed by atoms with Crippen LogP contribution in [0, 0.1) is 0 Å². The topological polar surface area (TPSA) is 109 Å². The van der Waals surface area contributed by atoms with Crippen LogP contribution >= 0.6 is 11.3 Å². The highest BCUT2D eigenvalue weighted by molar-refractivity contribution is 7.16. The number of benzene rings is 2. The van der Waals surface area contributed by atoms with Crippen LogP contribution in [0.15, 0.2) is 58.7 Å². The molecule has 0 aliphatic carbocycles. The first-order valence-electron chi connectivity index (χ1n) is 11.8. The standard InChI is InChI=1S/C27H27N3O6S/c1-5-34-19-13-9-18(10-14-19)30-26(32)22-21(23(29-30)27(33)35-6-2)15-37-25(22)28-24(31)17-7-11-20(12-8-17)36-16(3)4/h7-16H,5-6H2,1-4H3,(H,28,31). The molecule has 192 valence electrons. The molecule has 4 aromatic rings. The number of rotatable bonds is 9. The Morgan fingerprint density at radius 3 is 2.30 bits per heavy atom. The van der Waals surface area contributed by atoms with Gasteiger partial charge < -0.3 is 19.5 Å². The van der Waals surface area contributed by atoms with Crippen molar-refractivity contribution in [3.63, 3.8) is 0 Å². The van der Waals surface area contributed by atoms with Gasteiger partial charge in [-0.1, -0.05) is 0 Å². The SMILES string of the molecule is CCOC(=O)c1nn(-c2ccc(OCC)cc2)c(=O)c2c(NC(=O)c3ccc(OC(C)C)cc3)scc12. The number of thiophene rings is 1. The quantitative estimate of drug-likeness (QED) is 0.307. The predicted octanol–water partition coefficient (Wildman–Crippen LogP) is 5.06. The van der Waals surface area contributed by atoms with Crippen molar-refractivity contribution in [1.82, 2.24) is 9.78 Å². The molecule has 0 spiro atoms. The van der Waals surface area contributed by atoms with Crippen molar-refractivity contribution in [1.29, 1.82) is 0 Å². The summed E-state index contributed by atoms with van der Waals surface area (Å²) < 4.78 is 17.4. The van der Waals surface area contributed by atoms with Gasteiger partial charge in [-0.2, -0.15) is 9.78 Å². The van der Waals surface area contributed by atoms with E-state index in [0.717, 1.165) is 16.0 Å². The molecular weight excluding hydrogens is 494 g/mol. The molecule has 0 saturated carbocycles.